The highest BCUT2D eigenvalue weighted by molar-refractivity contribution is 9.10. The number of aliphatic carboxylic acids is 1. The number of halogens is 1. The van der Waals surface area contributed by atoms with Crippen molar-refractivity contribution in [2.45, 2.75) is 18.9 Å². The minimum atomic E-state index is -0.860. The van der Waals surface area contributed by atoms with Crippen molar-refractivity contribution in [2.24, 2.45) is 5.92 Å². The van der Waals surface area contributed by atoms with Crippen LogP contribution < -0.4 is 10.1 Å². The molecule has 0 saturated heterocycles. The predicted octanol–water partition coefficient (Wildman–Crippen LogP) is 2.36. The molecule has 0 aliphatic heterocycles. The SMILES string of the molecule is O=C(CCOc1cccc(Br)c1)NC1C=CC(C(=O)O)C1. The van der Waals surface area contributed by atoms with Crippen LogP contribution in [0.5, 0.6) is 5.75 Å². The molecule has 0 heterocycles. The average molecular weight is 354 g/mol. The first-order chi connectivity index (χ1) is 10.0. The van der Waals surface area contributed by atoms with Crippen molar-refractivity contribution in [1.82, 2.24) is 5.32 Å². The van der Waals surface area contributed by atoms with Crippen molar-refractivity contribution in [3.8, 4) is 5.75 Å². The van der Waals surface area contributed by atoms with Gasteiger partial charge in [0.25, 0.3) is 0 Å². The molecule has 21 heavy (non-hydrogen) atoms. The van der Waals surface area contributed by atoms with E-state index in [0.717, 1.165) is 4.47 Å². The van der Waals surface area contributed by atoms with E-state index in [4.69, 9.17) is 9.84 Å². The van der Waals surface area contributed by atoms with Gasteiger partial charge in [0, 0.05) is 10.5 Å². The lowest BCUT2D eigenvalue weighted by Crippen LogP contribution is -2.34. The van der Waals surface area contributed by atoms with E-state index >= 15 is 0 Å². The van der Waals surface area contributed by atoms with Crippen LogP contribution in [0.15, 0.2) is 40.9 Å². The minimum Gasteiger partial charge on any atom is -0.493 e. The molecule has 0 aromatic heterocycles. The summed E-state index contributed by atoms with van der Waals surface area (Å²) in [5, 5.41) is 11.7. The quantitative estimate of drug-likeness (QED) is 0.769. The highest BCUT2D eigenvalue weighted by Crippen LogP contribution is 2.19. The van der Waals surface area contributed by atoms with Gasteiger partial charge in [0.05, 0.1) is 18.9 Å². The van der Waals surface area contributed by atoms with Gasteiger partial charge in [-0.2, -0.15) is 0 Å². The van der Waals surface area contributed by atoms with E-state index in [0.29, 0.717) is 12.2 Å². The van der Waals surface area contributed by atoms with Crippen LogP contribution in [-0.4, -0.2) is 29.6 Å². The number of amides is 1. The molecule has 0 spiro atoms. The Hall–Kier alpha value is -1.82. The van der Waals surface area contributed by atoms with Gasteiger partial charge in [-0.25, -0.2) is 0 Å². The first kappa shape index (κ1) is 15.6. The first-order valence-corrected chi connectivity index (χ1v) is 7.43. The van der Waals surface area contributed by atoms with Gasteiger partial charge in [0.2, 0.25) is 5.91 Å². The van der Waals surface area contributed by atoms with Crippen LogP contribution >= 0.6 is 15.9 Å². The highest BCUT2D eigenvalue weighted by Gasteiger charge is 2.25. The van der Waals surface area contributed by atoms with E-state index in [1.165, 1.54) is 0 Å². The number of nitrogens with one attached hydrogen (secondary N) is 1. The maximum absolute atomic E-state index is 11.8. The molecule has 2 N–H and O–H groups in total. The van der Waals surface area contributed by atoms with Gasteiger partial charge >= 0.3 is 5.97 Å². The lowest BCUT2D eigenvalue weighted by Gasteiger charge is -2.12. The van der Waals surface area contributed by atoms with Gasteiger partial charge < -0.3 is 15.2 Å². The fourth-order valence-corrected chi connectivity index (χ4v) is 2.46. The van der Waals surface area contributed by atoms with E-state index < -0.39 is 11.9 Å². The largest absolute Gasteiger partial charge is 0.493 e. The number of benzene rings is 1. The van der Waals surface area contributed by atoms with Crippen molar-refractivity contribution in [3.05, 3.63) is 40.9 Å². The van der Waals surface area contributed by atoms with E-state index in [9.17, 15) is 9.59 Å². The molecule has 2 rings (SSSR count). The summed E-state index contributed by atoms with van der Waals surface area (Å²) in [6.45, 7) is 0.279. The lowest BCUT2D eigenvalue weighted by atomic mass is 10.1. The van der Waals surface area contributed by atoms with Gasteiger partial charge in [-0.15, -0.1) is 0 Å². The molecular weight excluding hydrogens is 338 g/mol. The number of carboxylic acids is 1. The molecule has 6 heteroatoms. The predicted molar refractivity (Wildman–Crippen MR) is 81.1 cm³/mol. The summed E-state index contributed by atoms with van der Waals surface area (Å²) < 4.78 is 6.40. The topological polar surface area (TPSA) is 75.6 Å². The van der Waals surface area contributed by atoms with Gasteiger partial charge in [-0.05, 0) is 24.6 Å². The molecule has 1 amide bonds. The molecule has 5 nitrogen and oxygen atoms in total. The van der Waals surface area contributed by atoms with E-state index in [-0.39, 0.29) is 25.0 Å². The van der Waals surface area contributed by atoms with Crippen molar-refractivity contribution in [2.75, 3.05) is 6.61 Å². The zero-order chi connectivity index (χ0) is 15.2. The number of carboxylic acid groups (broad SMARTS) is 1. The second-order valence-corrected chi connectivity index (χ2v) is 5.71. The Morgan fingerprint density at radius 3 is 2.86 bits per heavy atom. The third-order valence-corrected chi connectivity index (χ3v) is 3.63. The maximum Gasteiger partial charge on any atom is 0.310 e. The number of ether oxygens (including phenoxy) is 1. The van der Waals surface area contributed by atoms with E-state index in [1.54, 1.807) is 12.2 Å². The molecule has 1 aliphatic carbocycles. The molecule has 1 aromatic carbocycles. The second-order valence-electron chi connectivity index (χ2n) is 4.80. The Balaban J connectivity index is 1.69. The smallest absolute Gasteiger partial charge is 0.310 e. The Morgan fingerprint density at radius 1 is 1.38 bits per heavy atom. The number of hydrogen-bond donors (Lipinski definition) is 2. The molecule has 2 unspecified atom stereocenters. The molecule has 1 aromatic rings. The van der Waals surface area contributed by atoms with Crippen LogP contribution in [0.25, 0.3) is 0 Å². The van der Waals surface area contributed by atoms with Gasteiger partial charge in [-0.1, -0.05) is 34.1 Å². The molecule has 0 bridgehead atoms. The summed E-state index contributed by atoms with van der Waals surface area (Å²) in [4.78, 5) is 22.6. The van der Waals surface area contributed by atoms with E-state index in [2.05, 4.69) is 21.2 Å². The Bertz CT molecular complexity index is 558. The normalized spacial score (nSPS) is 20.2. The number of hydrogen-bond acceptors (Lipinski definition) is 3. The monoisotopic (exact) mass is 353 g/mol. The number of carbonyl (C=O) groups is 2. The van der Waals surface area contributed by atoms with Crippen LogP contribution in [0.3, 0.4) is 0 Å². The molecule has 0 saturated carbocycles. The Morgan fingerprint density at radius 2 is 2.19 bits per heavy atom. The van der Waals surface area contributed by atoms with Crippen LogP contribution in [0.4, 0.5) is 0 Å². The van der Waals surface area contributed by atoms with Gasteiger partial charge in [0.1, 0.15) is 5.75 Å². The second kappa shape index (κ2) is 7.26. The first-order valence-electron chi connectivity index (χ1n) is 6.63. The lowest BCUT2D eigenvalue weighted by molar-refractivity contribution is -0.140. The molecule has 0 radical (unpaired) electrons. The Kier molecular flexibility index (Phi) is 5.38. The summed E-state index contributed by atoms with van der Waals surface area (Å²) >= 11 is 3.34. The molecular formula is C15H16BrNO4. The third kappa shape index (κ3) is 4.90. The maximum atomic E-state index is 11.8. The van der Waals surface area contributed by atoms with Crippen molar-refractivity contribution < 1.29 is 19.4 Å². The third-order valence-electron chi connectivity index (χ3n) is 3.14. The Labute approximate surface area is 131 Å². The van der Waals surface area contributed by atoms with Crippen LogP contribution in [0.2, 0.25) is 0 Å². The molecule has 0 fully saturated rings. The fourth-order valence-electron chi connectivity index (χ4n) is 2.09. The summed E-state index contributed by atoms with van der Waals surface area (Å²) in [6, 6.07) is 7.19. The number of carbonyl (C=O) groups excluding carboxylic acids is 1. The summed E-state index contributed by atoms with van der Waals surface area (Å²) in [5.74, 6) is -0.816. The summed E-state index contributed by atoms with van der Waals surface area (Å²) in [6.07, 6.45) is 3.99. The van der Waals surface area contributed by atoms with Crippen LogP contribution in [0, 0.1) is 5.92 Å². The van der Waals surface area contributed by atoms with E-state index in [1.807, 2.05) is 24.3 Å². The summed E-state index contributed by atoms with van der Waals surface area (Å²) in [7, 11) is 0. The van der Waals surface area contributed by atoms with Crippen molar-refractivity contribution in [3.63, 3.8) is 0 Å². The zero-order valence-corrected chi connectivity index (χ0v) is 12.9. The van der Waals surface area contributed by atoms with Crippen LogP contribution in [0.1, 0.15) is 12.8 Å². The number of rotatable bonds is 6. The zero-order valence-electron chi connectivity index (χ0n) is 11.3. The minimum absolute atomic E-state index is 0.148. The fraction of sp³-hybridized carbons (Fsp3) is 0.333. The molecule has 112 valence electrons. The van der Waals surface area contributed by atoms with Gasteiger partial charge in [0.15, 0.2) is 0 Å². The van der Waals surface area contributed by atoms with Crippen molar-refractivity contribution in [1.29, 1.82) is 0 Å². The van der Waals surface area contributed by atoms with Crippen LogP contribution in [-0.2, 0) is 9.59 Å². The summed E-state index contributed by atoms with van der Waals surface area (Å²) in [5.41, 5.74) is 0. The average Bonchev–Trinajstić information content (AvgIpc) is 2.87. The van der Waals surface area contributed by atoms with Crippen molar-refractivity contribution >= 4 is 27.8 Å². The standard InChI is InChI=1S/C15H16BrNO4/c16-11-2-1-3-13(9-11)21-7-6-14(18)17-12-5-4-10(8-12)15(19)20/h1-5,9-10,12H,6-8H2,(H,17,18)(H,19,20). The highest BCUT2D eigenvalue weighted by atomic mass is 79.9. The van der Waals surface area contributed by atoms with Gasteiger partial charge in [-0.3, -0.25) is 9.59 Å². The molecule has 1 aliphatic rings. The molecule has 2 atom stereocenters.